The molecular formula is C17H18O2. The molecule has 2 atom stereocenters. The van der Waals surface area contributed by atoms with Crippen molar-refractivity contribution in [2.75, 3.05) is 6.61 Å². The molecule has 1 aliphatic heterocycles. The molecule has 0 aliphatic carbocycles. The summed E-state index contributed by atoms with van der Waals surface area (Å²) in [5, 5.41) is 0. The highest BCUT2D eigenvalue weighted by Crippen LogP contribution is 2.35. The predicted molar refractivity (Wildman–Crippen MR) is 74.8 cm³/mol. The lowest BCUT2D eigenvalue weighted by molar-refractivity contribution is -0.153. The van der Waals surface area contributed by atoms with E-state index in [4.69, 9.17) is 9.47 Å². The first-order chi connectivity index (χ1) is 9.25. The minimum absolute atomic E-state index is 0.0370. The molecule has 2 heteroatoms. The van der Waals surface area contributed by atoms with Crippen LogP contribution in [0.5, 0.6) is 0 Å². The second-order valence-corrected chi connectivity index (χ2v) is 5.12. The fourth-order valence-corrected chi connectivity index (χ4v) is 2.51. The van der Waals surface area contributed by atoms with E-state index in [2.05, 4.69) is 24.3 Å². The van der Waals surface area contributed by atoms with Crippen LogP contribution in [0.25, 0.3) is 0 Å². The minimum Gasteiger partial charge on any atom is -0.347 e. The molecular weight excluding hydrogens is 236 g/mol. The van der Waals surface area contributed by atoms with Gasteiger partial charge in [-0.15, -0.1) is 0 Å². The van der Waals surface area contributed by atoms with E-state index in [0.717, 1.165) is 6.42 Å². The van der Waals surface area contributed by atoms with Gasteiger partial charge in [-0.3, -0.25) is 0 Å². The monoisotopic (exact) mass is 254 g/mol. The zero-order chi connectivity index (χ0) is 13.1. The van der Waals surface area contributed by atoms with Gasteiger partial charge in [-0.2, -0.15) is 0 Å². The smallest absolute Gasteiger partial charge is 0.170 e. The van der Waals surface area contributed by atoms with E-state index in [9.17, 15) is 0 Å². The maximum Gasteiger partial charge on any atom is 0.170 e. The van der Waals surface area contributed by atoms with Crippen LogP contribution >= 0.6 is 0 Å². The third-order valence-electron chi connectivity index (χ3n) is 3.47. The molecule has 2 aromatic carbocycles. The fourth-order valence-electron chi connectivity index (χ4n) is 2.51. The van der Waals surface area contributed by atoms with Gasteiger partial charge >= 0.3 is 0 Å². The lowest BCUT2D eigenvalue weighted by Crippen LogP contribution is -2.28. The molecule has 1 heterocycles. The normalized spacial score (nSPS) is 26.5. The molecule has 2 nitrogen and oxygen atoms in total. The second-order valence-electron chi connectivity index (χ2n) is 5.12. The third kappa shape index (κ3) is 2.86. The van der Waals surface area contributed by atoms with Crippen LogP contribution in [0.1, 0.15) is 24.2 Å². The second kappa shape index (κ2) is 5.16. The minimum atomic E-state index is -0.526. The van der Waals surface area contributed by atoms with Gasteiger partial charge in [-0.05, 0) is 18.1 Å². The van der Waals surface area contributed by atoms with Crippen LogP contribution in [0.3, 0.4) is 0 Å². The Morgan fingerprint density at radius 2 is 1.63 bits per heavy atom. The first kappa shape index (κ1) is 12.4. The van der Waals surface area contributed by atoms with Gasteiger partial charge in [0.2, 0.25) is 0 Å². The average molecular weight is 254 g/mol. The highest BCUT2D eigenvalue weighted by Gasteiger charge is 2.37. The van der Waals surface area contributed by atoms with Crippen LogP contribution in [-0.2, 0) is 15.9 Å². The average Bonchev–Trinajstić information content (AvgIpc) is 2.83. The van der Waals surface area contributed by atoms with E-state index in [1.54, 1.807) is 0 Å². The maximum atomic E-state index is 6.12. The number of rotatable bonds is 3. The Morgan fingerprint density at radius 1 is 1.00 bits per heavy atom. The van der Waals surface area contributed by atoms with E-state index in [1.165, 1.54) is 11.1 Å². The Bertz CT molecular complexity index is 523. The van der Waals surface area contributed by atoms with Crippen LogP contribution in [-0.4, -0.2) is 12.4 Å². The Hall–Kier alpha value is -1.64. The first-order valence-corrected chi connectivity index (χ1v) is 6.66. The van der Waals surface area contributed by atoms with E-state index in [0.29, 0.717) is 6.61 Å². The van der Waals surface area contributed by atoms with Gasteiger partial charge in [0.1, 0.15) is 6.10 Å². The van der Waals surface area contributed by atoms with Gasteiger partial charge in [-0.25, -0.2) is 0 Å². The topological polar surface area (TPSA) is 18.5 Å². The third-order valence-corrected chi connectivity index (χ3v) is 3.47. The molecule has 1 fully saturated rings. The summed E-state index contributed by atoms with van der Waals surface area (Å²) in [4.78, 5) is 0. The van der Waals surface area contributed by atoms with Crippen LogP contribution < -0.4 is 0 Å². The first-order valence-electron chi connectivity index (χ1n) is 6.66. The summed E-state index contributed by atoms with van der Waals surface area (Å²) in [6.07, 6.45) is 0.812. The summed E-state index contributed by atoms with van der Waals surface area (Å²) in [5.74, 6) is -0.526. The van der Waals surface area contributed by atoms with Crippen molar-refractivity contribution in [3.05, 3.63) is 71.8 Å². The van der Waals surface area contributed by atoms with Gasteiger partial charge in [0.05, 0.1) is 6.61 Å². The van der Waals surface area contributed by atoms with Crippen molar-refractivity contribution in [3.8, 4) is 0 Å². The van der Waals surface area contributed by atoms with Gasteiger partial charge < -0.3 is 9.47 Å². The maximum absolute atomic E-state index is 6.12. The van der Waals surface area contributed by atoms with Crippen LogP contribution in [0, 0.1) is 0 Å². The number of hydrogen-bond donors (Lipinski definition) is 0. The zero-order valence-corrected chi connectivity index (χ0v) is 11.1. The molecule has 1 aliphatic rings. The standard InChI is InChI=1S/C17H18O2/c1-17(12-14-8-4-2-5-9-14)18-13-16(19-17)15-10-6-3-7-11-15/h2-11,16H,12-13H2,1H3/t16-,17+/m1/s1. The Morgan fingerprint density at radius 3 is 2.32 bits per heavy atom. The molecule has 98 valence electrons. The molecule has 0 aromatic heterocycles. The van der Waals surface area contributed by atoms with Crippen LogP contribution in [0.4, 0.5) is 0 Å². The summed E-state index contributed by atoms with van der Waals surface area (Å²) in [6.45, 7) is 2.64. The molecule has 0 spiro atoms. The molecule has 0 saturated carbocycles. The highest BCUT2D eigenvalue weighted by molar-refractivity contribution is 5.20. The molecule has 0 amide bonds. The van der Waals surface area contributed by atoms with E-state index in [1.807, 2.05) is 43.3 Å². The van der Waals surface area contributed by atoms with Crippen molar-refractivity contribution in [2.24, 2.45) is 0 Å². The van der Waals surface area contributed by atoms with Gasteiger partial charge in [0.15, 0.2) is 5.79 Å². The van der Waals surface area contributed by atoms with Crippen LogP contribution in [0.15, 0.2) is 60.7 Å². The number of ether oxygens (including phenoxy) is 2. The molecule has 0 unspecified atom stereocenters. The van der Waals surface area contributed by atoms with E-state index < -0.39 is 5.79 Å². The van der Waals surface area contributed by atoms with Gasteiger partial charge in [0.25, 0.3) is 0 Å². The number of hydrogen-bond acceptors (Lipinski definition) is 2. The summed E-state index contributed by atoms with van der Waals surface area (Å²) in [6, 6.07) is 20.6. The summed E-state index contributed by atoms with van der Waals surface area (Å²) in [7, 11) is 0. The van der Waals surface area contributed by atoms with Gasteiger partial charge in [-0.1, -0.05) is 60.7 Å². The Kier molecular flexibility index (Phi) is 3.36. The lowest BCUT2D eigenvalue weighted by atomic mass is 10.1. The van der Waals surface area contributed by atoms with Crippen molar-refractivity contribution >= 4 is 0 Å². The quantitative estimate of drug-likeness (QED) is 0.830. The molecule has 19 heavy (non-hydrogen) atoms. The van der Waals surface area contributed by atoms with Crippen molar-refractivity contribution in [2.45, 2.75) is 25.2 Å². The van der Waals surface area contributed by atoms with Crippen molar-refractivity contribution in [1.82, 2.24) is 0 Å². The van der Waals surface area contributed by atoms with Crippen molar-refractivity contribution in [3.63, 3.8) is 0 Å². The van der Waals surface area contributed by atoms with E-state index >= 15 is 0 Å². The SMILES string of the molecule is C[C@]1(Cc2ccccc2)OC[C@H](c2ccccc2)O1. The van der Waals surface area contributed by atoms with Crippen molar-refractivity contribution < 1.29 is 9.47 Å². The molecule has 1 saturated heterocycles. The van der Waals surface area contributed by atoms with E-state index in [-0.39, 0.29) is 6.10 Å². The zero-order valence-electron chi connectivity index (χ0n) is 11.1. The predicted octanol–water partition coefficient (Wildman–Crippen LogP) is 3.73. The summed E-state index contributed by atoms with van der Waals surface area (Å²) >= 11 is 0. The highest BCUT2D eigenvalue weighted by atomic mass is 16.7. The Labute approximate surface area is 114 Å². The summed E-state index contributed by atoms with van der Waals surface area (Å²) < 4.78 is 12.0. The summed E-state index contributed by atoms with van der Waals surface area (Å²) in [5.41, 5.74) is 2.41. The van der Waals surface area contributed by atoms with Crippen LogP contribution in [0.2, 0.25) is 0 Å². The molecule has 0 radical (unpaired) electrons. The van der Waals surface area contributed by atoms with Crippen molar-refractivity contribution in [1.29, 1.82) is 0 Å². The molecule has 0 bridgehead atoms. The van der Waals surface area contributed by atoms with Gasteiger partial charge in [0, 0.05) is 6.42 Å². The molecule has 0 N–H and O–H groups in total. The Balaban J connectivity index is 1.71. The lowest BCUT2D eigenvalue weighted by Gasteiger charge is -2.23. The fraction of sp³-hybridized carbons (Fsp3) is 0.294. The molecule has 2 aromatic rings. The largest absolute Gasteiger partial charge is 0.347 e. The molecule has 3 rings (SSSR count). The number of benzene rings is 2.